The second-order valence-corrected chi connectivity index (χ2v) is 7.13. The van der Waals surface area contributed by atoms with Crippen molar-refractivity contribution < 1.29 is 14.4 Å². The quantitative estimate of drug-likeness (QED) is 0.829. The Hall–Kier alpha value is -3.16. The van der Waals surface area contributed by atoms with E-state index in [-0.39, 0.29) is 31.2 Å². The number of amides is 4. The third-order valence-corrected chi connectivity index (χ3v) is 5.14. The highest BCUT2D eigenvalue weighted by Gasteiger charge is 2.23. The Balaban J connectivity index is 1.42. The van der Waals surface area contributed by atoms with Crippen LogP contribution in [0.5, 0.6) is 0 Å². The van der Waals surface area contributed by atoms with Crippen LogP contribution in [0.2, 0.25) is 0 Å². The van der Waals surface area contributed by atoms with E-state index in [2.05, 4.69) is 21.4 Å². The van der Waals surface area contributed by atoms with Crippen molar-refractivity contribution in [2.24, 2.45) is 0 Å². The fraction of sp³-hybridized carbons (Fsp3) is 0.400. The molecule has 2 aliphatic heterocycles. The Morgan fingerprint density at radius 2 is 2.00 bits per heavy atom. The highest BCUT2D eigenvalue weighted by Crippen LogP contribution is 2.29. The van der Waals surface area contributed by atoms with E-state index in [1.165, 1.54) is 4.90 Å². The maximum Gasteiger partial charge on any atom is 0.324 e. The van der Waals surface area contributed by atoms with Crippen LogP contribution in [0, 0.1) is 0 Å². The number of nitrogens with one attached hydrogen (secondary N) is 2. The van der Waals surface area contributed by atoms with Gasteiger partial charge in [0.15, 0.2) is 0 Å². The molecule has 2 aliphatic rings. The lowest BCUT2D eigenvalue weighted by Crippen LogP contribution is -2.50. The number of nitrogens with zero attached hydrogens (tertiary/aromatic N) is 3. The molecular formula is C20H23N5O3. The fourth-order valence-corrected chi connectivity index (χ4v) is 3.62. The molecule has 0 unspecified atom stereocenters. The van der Waals surface area contributed by atoms with Gasteiger partial charge in [0.1, 0.15) is 5.82 Å². The van der Waals surface area contributed by atoms with Crippen molar-refractivity contribution >= 4 is 23.5 Å². The van der Waals surface area contributed by atoms with Crippen LogP contribution < -0.4 is 10.6 Å². The van der Waals surface area contributed by atoms with Crippen LogP contribution in [-0.2, 0) is 22.6 Å². The molecule has 4 rings (SSSR count). The van der Waals surface area contributed by atoms with Gasteiger partial charge >= 0.3 is 6.03 Å². The Labute approximate surface area is 162 Å². The summed E-state index contributed by atoms with van der Waals surface area (Å²) < 4.78 is 2.19. The number of hydrogen-bond donors (Lipinski definition) is 2. The second-order valence-electron chi connectivity index (χ2n) is 7.13. The number of anilines is 1. The third-order valence-electron chi connectivity index (χ3n) is 5.14. The molecular weight excluding hydrogens is 358 g/mol. The summed E-state index contributed by atoms with van der Waals surface area (Å²) in [6.45, 7) is 1.60. The molecule has 3 heterocycles. The topological polar surface area (TPSA) is 96.3 Å². The minimum atomic E-state index is -0.437. The van der Waals surface area contributed by atoms with Crippen LogP contribution >= 0.6 is 0 Å². The molecule has 0 spiro atoms. The van der Waals surface area contributed by atoms with Crippen molar-refractivity contribution in [2.45, 2.75) is 38.6 Å². The highest BCUT2D eigenvalue weighted by atomic mass is 16.2. The summed E-state index contributed by atoms with van der Waals surface area (Å²) in [4.78, 5) is 41.6. The maximum atomic E-state index is 12.4. The normalized spacial score (nSPS) is 16.5. The van der Waals surface area contributed by atoms with Crippen LogP contribution in [0.3, 0.4) is 0 Å². The van der Waals surface area contributed by atoms with Gasteiger partial charge in [0.2, 0.25) is 11.8 Å². The number of benzene rings is 1. The number of para-hydroxylation sites is 1. The van der Waals surface area contributed by atoms with Crippen LogP contribution in [-0.4, -0.2) is 45.4 Å². The molecule has 0 radical (unpaired) electrons. The molecule has 1 fully saturated rings. The molecule has 0 bridgehead atoms. The number of rotatable bonds is 5. The van der Waals surface area contributed by atoms with E-state index in [1.807, 2.05) is 24.3 Å². The van der Waals surface area contributed by atoms with Gasteiger partial charge in [-0.1, -0.05) is 18.2 Å². The lowest BCUT2D eigenvalue weighted by molar-refractivity contribution is -0.121. The lowest BCUT2D eigenvalue weighted by Gasteiger charge is -2.26. The molecule has 0 saturated carbocycles. The molecule has 28 heavy (non-hydrogen) atoms. The third kappa shape index (κ3) is 3.90. The predicted molar refractivity (Wildman–Crippen MR) is 104 cm³/mol. The number of aryl methyl sites for hydroxylation is 2. The largest absolute Gasteiger partial charge is 0.334 e. The summed E-state index contributed by atoms with van der Waals surface area (Å²) >= 11 is 0. The number of imide groups is 1. The first-order valence-electron chi connectivity index (χ1n) is 9.64. The van der Waals surface area contributed by atoms with E-state index in [1.54, 1.807) is 0 Å². The molecule has 0 atom stereocenters. The SMILES string of the molecule is O=C1CCN(CCC(=O)Nc2ccccc2-c2cn3c(n2)CCCC3)C(=O)N1. The van der Waals surface area contributed by atoms with Gasteiger partial charge in [-0.3, -0.25) is 14.9 Å². The van der Waals surface area contributed by atoms with Crippen molar-refractivity contribution in [1.29, 1.82) is 0 Å². The van der Waals surface area contributed by atoms with Crippen LogP contribution in [0.1, 0.15) is 31.5 Å². The minimum absolute atomic E-state index is 0.162. The first kappa shape index (κ1) is 18.2. The average Bonchev–Trinajstić information content (AvgIpc) is 3.12. The van der Waals surface area contributed by atoms with E-state index in [4.69, 9.17) is 4.98 Å². The van der Waals surface area contributed by atoms with E-state index >= 15 is 0 Å². The van der Waals surface area contributed by atoms with Gasteiger partial charge in [-0.05, 0) is 18.9 Å². The zero-order valence-electron chi connectivity index (χ0n) is 15.6. The molecule has 1 aromatic carbocycles. The number of hydrogen-bond acceptors (Lipinski definition) is 4. The van der Waals surface area contributed by atoms with Gasteiger partial charge in [-0.2, -0.15) is 0 Å². The lowest BCUT2D eigenvalue weighted by atomic mass is 10.1. The summed E-state index contributed by atoms with van der Waals surface area (Å²) in [6, 6.07) is 7.18. The number of carbonyl (C=O) groups excluding carboxylic acids is 3. The molecule has 8 nitrogen and oxygen atoms in total. The molecule has 8 heteroatoms. The predicted octanol–water partition coefficient (Wildman–Crippen LogP) is 2.16. The first-order chi connectivity index (χ1) is 13.6. The molecule has 1 saturated heterocycles. The molecule has 0 aliphatic carbocycles. The smallest absolute Gasteiger partial charge is 0.324 e. The molecule has 2 N–H and O–H groups in total. The van der Waals surface area contributed by atoms with Crippen molar-refractivity contribution in [1.82, 2.24) is 19.8 Å². The summed E-state index contributed by atoms with van der Waals surface area (Å²) in [7, 11) is 0. The summed E-state index contributed by atoms with van der Waals surface area (Å²) in [5, 5.41) is 5.20. The number of urea groups is 1. The van der Waals surface area contributed by atoms with Crippen molar-refractivity contribution in [3.8, 4) is 11.3 Å². The van der Waals surface area contributed by atoms with Crippen molar-refractivity contribution in [2.75, 3.05) is 18.4 Å². The fourth-order valence-electron chi connectivity index (χ4n) is 3.62. The highest BCUT2D eigenvalue weighted by molar-refractivity contribution is 5.97. The van der Waals surface area contributed by atoms with Gasteiger partial charge < -0.3 is 14.8 Å². The van der Waals surface area contributed by atoms with Crippen molar-refractivity contribution in [3.05, 3.63) is 36.3 Å². The molecule has 2 aromatic rings. The van der Waals surface area contributed by atoms with Crippen LogP contribution in [0.25, 0.3) is 11.3 Å². The van der Waals surface area contributed by atoms with Crippen LogP contribution in [0.15, 0.2) is 30.5 Å². The van der Waals surface area contributed by atoms with Gasteiger partial charge in [0.25, 0.3) is 0 Å². The Bertz CT molecular complexity index is 897. The monoisotopic (exact) mass is 381 g/mol. The van der Waals surface area contributed by atoms with Gasteiger partial charge in [-0.25, -0.2) is 9.78 Å². The number of fused-ring (bicyclic) bond motifs is 1. The van der Waals surface area contributed by atoms with E-state index in [0.717, 1.165) is 42.9 Å². The Kier molecular flexibility index (Phi) is 5.10. The Morgan fingerprint density at radius 1 is 1.14 bits per heavy atom. The summed E-state index contributed by atoms with van der Waals surface area (Å²) in [5.41, 5.74) is 2.46. The average molecular weight is 381 g/mol. The zero-order chi connectivity index (χ0) is 19.5. The van der Waals surface area contributed by atoms with Gasteiger partial charge in [0, 0.05) is 50.7 Å². The zero-order valence-corrected chi connectivity index (χ0v) is 15.6. The maximum absolute atomic E-state index is 12.4. The van der Waals surface area contributed by atoms with E-state index < -0.39 is 6.03 Å². The summed E-state index contributed by atoms with van der Waals surface area (Å²) in [5.74, 6) is 0.636. The standard InChI is InChI=1S/C20H23N5O3/c26-18(8-11-24-12-9-19(27)23-20(24)28)22-15-6-2-1-5-14(15)16-13-25-10-4-3-7-17(25)21-16/h1-2,5-6,13H,3-4,7-12H2,(H,22,26)(H,23,27,28). The van der Waals surface area contributed by atoms with Crippen molar-refractivity contribution in [3.63, 3.8) is 0 Å². The molecule has 4 amide bonds. The van der Waals surface area contributed by atoms with Gasteiger partial charge in [-0.15, -0.1) is 0 Å². The number of aromatic nitrogens is 2. The Morgan fingerprint density at radius 3 is 2.82 bits per heavy atom. The second kappa shape index (κ2) is 7.84. The number of imidazole rings is 1. The number of carbonyl (C=O) groups is 3. The molecule has 146 valence electrons. The first-order valence-corrected chi connectivity index (χ1v) is 9.64. The summed E-state index contributed by atoms with van der Waals surface area (Å²) in [6.07, 6.45) is 5.78. The van der Waals surface area contributed by atoms with Crippen LogP contribution in [0.4, 0.5) is 10.5 Å². The van der Waals surface area contributed by atoms with E-state index in [9.17, 15) is 14.4 Å². The molecule has 1 aromatic heterocycles. The van der Waals surface area contributed by atoms with E-state index in [0.29, 0.717) is 12.2 Å². The minimum Gasteiger partial charge on any atom is -0.334 e. The van der Waals surface area contributed by atoms with Gasteiger partial charge in [0.05, 0.1) is 11.4 Å².